The quantitative estimate of drug-likeness (QED) is 0.703. The zero-order valence-electron chi connectivity index (χ0n) is 14.3. The largest absolute Gasteiger partial charge is 0.394 e. The van der Waals surface area contributed by atoms with E-state index in [2.05, 4.69) is 4.98 Å². The van der Waals surface area contributed by atoms with Crippen LogP contribution >= 0.6 is 0 Å². The second-order valence-electron chi connectivity index (χ2n) is 6.77. The molecule has 0 aliphatic carbocycles. The fourth-order valence-electron chi connectivity index (χ4n) is 2.37. The van der Waals surface area contributed by atoms with Crippen LogP contribution in [0.25, 0.3) is 0 Å². The normalized spacial score (nSPS) is 26.1. The highest BCUT2D eigenvalue weighted by Crippen LogP contribution is 2.39. The fourth-order valence-corrected chi connectivity index (χ4v) is 2.37. The summed E-state index contributed by atoms with van der Waals surface area (Å²) in [6.45, 7) is 3.79. The Hall–Kier alpha value is -1.62. The lowest BCUT2D eigenvalue weighted by Gasteiger charge is -2.26. The van der Waals surface area contributed by atoms with Gasteiger partial charge >= 0.3 is 11.6 Å². The monoisotopic (exact) mass is 363 g/mol. The van der Waals surface area contributed by atoms with E-state index in [9.17, 15) is 18.7 Å². The van der Waals surface area contributed by atoms with Crippen LogP contribution in [0.15, 0.2) is 17.1 Å². The number of aliphatic hydroxyl groups excluding tert-OH is 1. The summed E-state index contributed by atoms with van der Waals surface area (Å²) in [5, 5.41) is 9.33. The molecule has 10 heteroatoms. The molecule has 2 heterocycles. The molecule has 1 fully saturated rings. The Balaban J connectivity index is 2.11. The van der Waals surface area contributed by atoms with Crippen molar-refractivity contribution in [1.29, 1.82) is 0 Å². The maximum absolute atomic E-state index is 14.6. The van der Waals surface area contributed by atoms with Gasteiger partial charge in [-0.1, -0.05) is 0 Å². The first-order valence-corrected chi connectivity index (χ1v) is 7.77. The molecule has 3 unspecified atom stereocenters. The number of rotatable bonds is 6. The molecule has 0 radical (unpaired) electrons. The first-order chi connectivity index (χ1) is 11.5. The summed E-state index contributed by atoms with van der Waals surface area (Å²) in [5.74, 6) is -3.44. The molecule has 25 heavy (non-hydrogen) atoms. The summed E-state index contributed by atoms with van der Waals surface area (Å²) in [6, 6.07) is 1.32. The summed E-state index contributed by atoms with van der Waals surface area (Å²) in [4.78, 5) is 15.2. The highest BCUT2D eigenvalue weighted by Gasteiger charge is 2.59. The number of nitrogens with two attached hydrogens (primary N) is 1. The van der Waals surface area contributed by atoms with Gasteiger partial charge in [0.2, 0.25) is 0 Å². The molecule has 142 valence electrons. The lowest BCUT2D eigenvalue weighted by atomic mass is 10.1. The number of ether oxygens (including phenoxy) is 3. The molecule has 1 saturated heterocycles. The molecule has 1 aromatic rings. The van der Waals surface area contributed by atoms with E-state index in [1.807, 2.05) is 0 Å². The van der Waals surface area contributed by atoms with Gasteiger partial charge in [-0.2, -0.15) is 4.98 Å². The van der Waals surface area contributed by atoms with E-state index < -0.39 is 48.7 Å². The van der Waals surface area contributed by atoms with Crippen LogP contribution in [-0.2, 0) is 20.8 Å². The first-order valence-electron chi connectivity index (χ1n) is 7.77. The number of nitrogen functional groups attached to an aromatic ring is 1. The van der Waals surface area contributed by atoms with Crippen LogP contribution in [-0.4, -0.2) is 57.9 Å². The van der Waals surface area contributed by atoms with Gasteiger partial charge in [0.15, 0.2) is 6.10 Å². The SMILES string of the molecule is CC(C)(C)OCOC1C(CO)OC(Cn2ccc(N)nc2=O)C1(F)F. The Morgan fingerprint density at radius 2 is 2.16 bits per heavy atom. The highest BCUT2D eigenvalue weighted by atomic mass is 19.3. The number of halogens is 2. The van der Waals surface area contributed by atoms with Gasteiger partial charge in [-0.05, 0) is 26.8 Å². The van der Waals surface area contributed by atoms with Crippen LogP contribution < -0.4 is 11.4 Å². The van der Waals surface area contributed by atoms with Crippen molar-refractivity contribution in [1.82, 2.24) is 9.55 Å². The van der Waals surface area contributed by atoms with Crippen LogP contribution in [0.1, 0.15) is 20.8 Å². The van der Waals surface area contributed by atoms with Crippen molar-refractivity contribution in [2.75, 3.05) is 19.1 Å². The lowest BCUT2D eigenvalue weighted by molar-refractivity contribution is -0.199. The number of nitrogens with zero attached hydrogens (tertiary/aromatic N) is 2. The van der Waals surface area contributed by atoms with Gasteiger partial charge in [0.1, 0.15) is 24.8 Å². The van der Waals surface area contributed by atoms with Crippen LogP contribution in [0, 0.1) is 0 Å². The molecule has 0 saturated carbocycles. The molecule has 1 aliphatic heterocycles. The number of alkyl halides is 2. The van der Waals surface area contributed by atoms with Gasteiger partial charge in [-0.25, -0.2) is 13.6 Å². The fraction of sp³-hybridized carbons (Fsp3) is 0.733. The molecule has 3 N–H and O–H groups in total. The second-order valence-corrected chi connectivity index (χ2v) is 6.77. The van der Waals surface area contributed by atoms with Gasteiger partial charge in [0.25, 0.3) is 0 Å². The molecule has 8 nitrogen and oxygen atoms in total. The molecular weight excluding hydrogens is 340 g/mol. The number of anilines is 1. The van der Waals surface area contributed by atoms with Crippen molar-refractivity contribution in [3.8, 4) is 0 Å². The van der Waals surface area contributed by atoms with Crippen molar-refractivity contribution >= 4 is 5.82 Å². The maximum Gasteiger partial charge on any atom is 0.349 e. The van der Waals surface area contributed by atoms with E-state index in [-0.39, 0.29) is 12.6 Å². The third-order valence-corrected chi connectivity index (χ3v) is 3.66. The average Bonchev–Trinajstić information content (AvgIpc) is 2.72. The van der Waals surface area contributed by atoms with Crippen molar-refractivity contribution in [2.45, 2.75) is 57.2 Å². The van der Waals surface area contributed by atoms with Crippen molar-refractivity contribution in [3.05, 3.63) is 22.7 Å². The average molecular weight is 363 g/mol. The summed E-state index contributed by atoms with van der Waals surface area (Å²) in [6.07, 6.45) is -3.33. The standard InChI is InChI=1S/C15H23F2N3O5/c1-14(2,3)24-8-23-12-9(7-21)25-10(15(12,16)17)6-20-5-4-11(18)19-13(20)22/h4-5,9-10,12,21H,6-8H2,1-3H3,(H2,18,19,22). The zero-order chi connectivity index (χ0) is 18.8. The molecule has 2 rings (SSSR count). The number of hydrogen-bond acceptors (Lipinski definition) is 7. The van der Waals surface area contributed by atoms with E-state index in [4.69, 9.17) is 19.9 Å². The van der Waals surface area contributed by atoms with E-state index in [0.29, 0.717) is 0 Å². The van der Waals surface area contributed by atoms with E-state index in [1.54, 1.807) is 20.8 Å². The third-order valence-electron chi connectivity index (χ3n) is 3.66. The maximum atomic E-state index is 14.6. The lowest BCUT2D eigenvalue weighted by Crippen LogP contribution is -2.45. The molecule has 0 spiro atoms. The molecule has 0 aromatic carbocycles. The molecule has 1 aromatic heterocycles. The molecule has 3 atom stereocenters. The van der Waals surface area contributed by atoms with Crippen molar-refractivity contribution < 1.29 is 28.1 Å². The van der Waals surface area contributed by atoms with Crippen molar-refractivity contribution in [2.24, 2.45) is 0 Å². The predicted octanol–water partition coefficient (Wildman–Crippen LogP) is 0.378. The van der Waals surface area contributed by atoms with Gasteiger partial charge in [-0.3, -0.25) is 4.57 Å². The van der Waals surface area contributed by atoms with E-state index in [1.165, 1.54) is 12.3 Å². The van der Waals surface area contributed by atoms with E-state index >= 15 is 0 Å². The molecule has 1 aliphatic rings. The van der Waals surface area contributed by atoms with Crippen LogP contribution in [0.5, 0.6) is 0 Å². The Morgan fingerprint density at radius 3 is 2.72 bits per heavy atom. The van der Waals surface area contributed by atoms with Gasteiger partial charge in [-0.15, -0.1) is 0 Å². The minimum atomic E-state index is -3.44. The summed E-state index contributed by atoms with van der Waals surface area (Å²) in [7, 11) is 0. The Bertz CT molecular complexity index is 647. The number of hydrogen-bond donors (Lipinski definition) is 2. The van der Waals surface area contributed by atoms with Gasteiger partial charge in [0.05, 0.1) is 18.8 Å². The topological polar surface area (TPSA) is 109 Å². The van der Waals surface area contributed by atoms with Crippen molar-refractivity contribution in [3.63, 3.8) is 0 Å². The minimum Gasteiger partial charge on any atom is -0.394 e. The van der Waals surface area contributed by atoms with Crippen LogP contribution in [0.3, 0.4) is 0 Å². The smallest absolute Gasteiger partial charge is 0.349 e. The molecular formula is C15H23F2N3O5. The minimum absolute atomic E-state index is 0.00544. The Kier molecular flexibility index (Phi) is 5.77. The number of aromatic nitrogens is 2. The molecule has 0 bridgehead atoms. The second kappa shape index (κ2) is 7.32. The van der Waals surface area contributed by atoms with Gasteiger partial charge < -0.3 is 25.1 Å². The summed E-state index contributed by atoms with van der Waals surface area (Å²) in [5.41, 5.74) is 4.05. The highest BCUT2D eigenvalue weighted by molar-refractivity contribution is 5.23. The number of aliphatic hydroxyl groups is 1. The third kappa shape index (κ3) is 4.72. The van der Waals surface area contributed by atoms with E-state index in [0.717, 1.165) is 4.57 Å². The molecule has 0 amide bonds. The summed E-state index contributed by atoms with van der Waals surface area (Å²) < 4.78 is 45.9. The zero-order valence-corrected chi connectivity index (χ0v) is 14.3. The van der Waals surface area contributed by atoms with Gasteiger partial charge in [0, 0.05) is 6.20 Å². The Labute approximate surface area is 143 Å². The summed E-state index contributed by atoms with van der Waals surface area (Å²) >= 11 is 0. The Morgan fingerprint density at radius 1 is 1.48 bits per heavy atom. The van der Waals surface area contributed by atoms with Crippen LogP contribution in [0.2, 0.25) is 0 Å². The van der Waals surface area contributed by atoms with Crippen LogP contribution in [0.4, 0.5) is 14.6 Å². The first kappa shape index (κ1) is 19.7. The predicted molar refractivity (Wildman–Crippen MR) is 84.2 cm³/mol.